The number of hydrogen-bond acceptors (Lipinski definition) is 3. The van der Waals surface area contributed by atoms with Crippen LogP contribution in [0.2, 0.25) is 0 Å². The molecule has 0 heterocycles. The topological polar surface area (TPSA) is 41.8 Å². The summed E-state index contributed by atoms with van der Waals surface area (Å²) in [5, 5.41) is 14.0. The van der Waals surface area contributed by atoms with E-state index in [9.17, 15) is 5.11 Å². The van der Waals surface area contributed by atoms with Crippen molar-refractivity contribution in [2.24, 2.45) is 5.16 Å². The van der Waals surface area contributed by atoms with Crippen LogP contribution in [-0.4, -0.2) is 16.4 Å². The summed E-state index contributed by atoms with van der Waals surface area (Å²) in [5.41, 5.74) is 0.820. The first-order chi connectivity index (χ1) is 8.06. The van der Waals surface area contributed by atoms with Gasteiger partial charge in [-0.15, -0.1) is 0 Å². The molecule has 0 aliphatic heterocycles. The van der Waals surface area contributed by atoms with Gasteiger partial charge in [0, 0.05) is 0 Å². The van der Waals surface area contributed by atoms with Gasteiger partial charge >= 0.3 is 0 Å². The molecule has 0 spiro atoms. The summed E-state index contributed by atoms with van der Waals surface area (Å²) < 4.78 is 0. The molecule has 1 aromatic rings. The highest BCUT2D eigenvalue weighted by molar-refractivity contribution is 5.89. The molecule has 0 bridgehead atoms. The van der Waals surface area contributed by atoms with E-state index < -0.39 is 5.60 Å². The van der Waals surface area contributed by atoms with Crippen LogP contribution in [0.5, 0.6) is 0 Å². The monoisotopic (exact) mass is 235 g/mol. The highest BCUT2D eigenvalue weighted by Gasteiger charge is 2.23. The summed E-state index contributed by atoms with van der Waals surface area (Å²) in [6, 6.07) is 9.85. The lowest BCUT2D eigenvalue weighted by Crippen LogP contribution is -2.33. The van der Waals surface area contributed by atoms with Crippen molar-refractivity contribution in [2.75, 3.05) is 0 Å². The minimum atomic E-state index is -0.870. The first-order valence-electron chi connectivity index (χ1n) is 5.99. The minimum absolute atomic E-state index is 0.431. The van der Waals surface area contributed by atoms with Crippen LogP contribution < -0.4 is 0 Å². The summed E-state index contributed by atoms with van der Waals surface area (Å²) in [6.45, 7) is 6.02. The fourth-order valence-corrected chi connectivity index (χ4v) is 1.54. The molecule has 1 unspecified atom stereocenters. The lowest BCUT2D eigenvalue weighted by molar-refractivity contribution is 0.0955. The molecule has 3 nitrogen and oxygen atoms in total. The van der Waals surface area contributed by atoms with Gasteiger partial charge in [-0.3, -0.25) is 0 Å². The summed E-state index contributed by atoms with van der Waals surface area (Å²) >= 11 is 0. The Morgan fingerprint density at radius 1 is 1.35 bits per heavy atom. The molecule has 17 heavy (non-hydrogen) atoms. The third-order valence-electron chi connectivity index (χ3n) is 2.79. The zero-order valence-corrected chi connectivity index (χ0v) is 10.8. The van der Waals surface area contributed by atoms with E-state index in [1.54, 1.807) is 13.8 Å². The van der Waals surface area contributed by atoms with Crippen molar-refractivity contribution in [3.05, 3.63) is 35.9 Å². The van der Waals surface area contributed by atoms with Crippen molar-refractivity contribution in [3.8, 4) is 0 Å². The fourth-order valence-electron chi connectivity index (χ4n) is 1.54. The summed E-state index contributed by atoms with van der Waals surface area (Å²) in [7, 11) is 0. The van der Waals surface area contributed by atoms with Crippen molar-refractivity contribution in [2.45, 2.75) is 45.8 Å². The zero-order chi connectivity index (χ0) is 12.7. The van der Waals surface area contributed by atoms with E-state index in [0.717, 1.165) is 12.0 Å². The van der Waals surface area contributed by atoms with Crippen LogP contribution in [0.25, 0.3) is 0 Å². The van der Waals surface area contributed by atoms with Gasteiger partial charge in [-0.05, 0) is 25.8 Å². The number of rotatable bonds is 6. The molecule has 1 atom stereocenters. The normalized spacial score (nSPS) is 15.4. The number of oxime groups is 1. The van der Waals surface area contributed by atoms with E-state index in [1.165, 1.54) is 0 Å². The second-order valence-corrected chi connectivity index (χ2v) is 4.46. The standard InChI is InChI=1S/C14H21NO2/c1-4-10-14(3,16)12(2)15-17-11-13-8-6-5-7-9-13/h5-9,16H,4,10-11H2,1-3H3/b15-12+. The van der Waals surface area contributed by atoms with Crippen LogP contribution in [0.15, 0.2) is 35.5 Å². The molecule has 0 aliphatic rings. The van der Waals surface area contributed by atoms with Crippen LogP contribution in [0, 0.1) is 0 Å². The second-order valence-electron chi connectivity index (χ2n) is 4.46. The SMILES string of the molecule is CCCC(C)(O)/C(C)=N/OCc1ccccc1. The third-order valence-corrected chi connectivity index (χ3v) is 2.79. The van der Waals surface area contributed by atoms with Crippen molar-refractivity contribution >= 4 is 5.71 Å². The maximum atomic E-state index is 10.1. The van der Waals surface area contributed by atoms with Crippen LogP contribution in [0.3, 0.4) is 0 Å². The van der Waals surface area contributed by atoms with E-state index in [1.807, 2.05) is 37.3 Å². The molecule has 0 aromatic heterocycles. The van der Waals surface area contributed by atoms with Gasteiger partial charge in [-0.25, -0.2) is 0 Å². The Hall–Kier alpha value is -1.35. The van der Waals surface area contributed by atoms with E-state index >= 15 is 0 Å². The average molecular weight is 235 g/mol. The van der Waals surface area contributed by atoms with Crippen molar-refractivity contribution < 1.29 is 9.94 Å². The molecule has 1 rings (SSSR count). The van der Waals surface area contributed by atoms with E-state index in [0.29, 0.717) is 18.7 Å². The first-order valence-corrected chi connectivity index (χ1v) is 5.99. The van der Waals surface area contributed by atoms with Crippen LogP contribution >= 0.6 is 0 Å². The van der Waals surface area contributed by atoms with E-state index in [4.69, 9.17) is 4.84 Å². The van der Waals surface area contributed by atoms with Crippen LogP contribution in [-0.2, 0) is 11.4 Å². The molecule has 0 aliphatic carbocycles. The highest BCUT2D eigenvalue weighted by Crippen LogP contribution is 2.14. The Bertz CT molecular complexity index is 358. The number of hydrogen-bond donors (Lipinski definition) is 1. The van der Waals surface area contributed by atoms with Gasteiger partial charge in [0.2, 0.25) is 0 Å². The predicted molar refractivity (Wildman–Crippen MR) is 69.9 cm³/mol. The second kappa shape index (κ2) is 6.40. The highest BCUT2D eigenvalue weighted by atomic mass is 16.6. The van der Waals surface area contributed by atoms with Crippen LogP contribution in [0.1, 0.15) is 39.2 Å². The molecule has 0 fully saturated rings. The first kappa shape index (κ1) is 13.7. The Labute approximate surface area is 103 Å². The number of nitrogens with zero attached hydrogens (tertiary/aromatic N) is 1. The molecular weight excluding hydrogens is 214 g/mol. The van der Waals surface area contributed by atoms with Gasteiger partial charge in [0.15, 0.2) is 0 Å². The van der Waals surface area contributed by atoms with Gasteiger partial charge in [-0.2, -0.15) is 0 Å². The van der Waals surface area contributed by atoms with Crippen molar-refractivity contribution in [1.82, 2.24) is 0 Å². The lowest BCUT2D eigenvalue weighted by atomic mass is 9.96. The fraction of sp³-hybridized carbons (Fsp3) is 0.500. The van der Waals surface area contributed by atoms with Crippen molar-refractivity contribution in [1.29, 1.82) is 0 Å². The molecule has 1 N–H and O–H groups in total. The smallest absolute Gasteiger partial charge is 0.142 e. The summed E-state index contributed by atoms with van der Waals surface area (Å²) in [4.78, 5) is 5.24. The van der Waals surface area contributed by atoms with Crippen molar-refractivity contribution in [3.63, 3.8) is 0 Å². The quantitative estimate of drug-likeness (QED) is 0.608. The Balaban J connectivity index is 2.48. The Morgan fingerprint density at radius 3 is 2.59 bits per heavy atom. The minimum Gasteiger partial charge on any atom is -0.391 e. The van der Waals surface area contributed by atoms with Gasteiger partial charge in [0.1, 0.15) is 12.2 Å². The predicted octanol–water partition coefficient (Wildman–Crippen LogP) is 3.13. The largest absolute Gasteiger partial charge is 0.391 e. The van der Waals surface area contributed by atoms with E-state index in [-0.39, 0.29) is 0 Å². The Morgan fingerprint density at radius 2 is 2.00 bits per heavy atom. The number of aliphatic hydroxyl groups is 1. The maximum Gasteiger partial charge on any atom is 0.142 e. The molecule has 0 radical (unpaired) electrons. The zero-order valence-electron chi connectivity index (χ0n) is 10.8. The summed E-state index contributed by atoms with van der Waals surface area (Å²) in [5.74, 6) is 0. The molecule has 0 saturated carbocycles. The molecule has 3 heteroatoms. The van der Waals surface area contributed by atoms with Gasteiger partial charge in [0.25, 0.3) is 0 Å². The molecule has 0 saturated heterocycles. The van der Waals surface area contributed by atoms with Gasteiger partial charge in [0.05, 0.1) is 5.71 Å². The average Bonchev–Trinajstić information content (AvgIpc) is 2.30. The molecular formula is C14H21NO2. The molecule has 94 valence electrons. The molecule has 1 aromatic carbocycles. The van der Waals surface area contributed by atoms with Gasteiger partial charge in [-0.1, -0.05) is 48.8 Å². The Kier molecular flexibility index (Phi) is 5.16. The third kappa shape index (κ3) is 4.57. The number of benzene rings is 1. The lowest BCUT2D eigenvalue weighted by Gasteiger charge is -2.21. The maximum absolute atomic E-state index is 10.1. The summed E-state index contributed by atoms with van der Waals surface area (Å²) in [6.07, 6.45) is 1.61. The van der Waals surface area contributed by atoms with Gasteiger partial charge < -0.3 is 9.94 Å². The van der Waals surface area contributed by atoms with E-state index in [2.05, 4.69) is 5.16 Å². The van der Waals surface area contributed by atoms with Crippen LogP contribution in [0.4, 0.5) is 0 Å². The molecule has 0 amide bonds.